The van der Waals surface area contributed by atoms with E-state index in [9.17, 15) is 9.59 Å². The summed E-state index contributed by atoms with van der Waals surface area (Å²) in [6.07, 6.45) is 28.3. The van der Waals surface area contributed by atoms with Crippen molar-refractivity contribution in [1.82, 2.24) is 4.90 Å². The highest BCUT2D eigenvalue weighted by atomic mass is 127. The lowest BCUT2D eigenvalue weighted by molar-refractivity contribution is -0.870. The van der Waals surface area contributed by atoms with Gasteiger partial charge in [0.25, 0.3) is 0 Å². The Bertz CT molecular complexity index is 776. The van der Waals surface area contributed by atoms with E-state index in [1.54, 1.807) is 0 Å². The third-order valence-electron chi connectivity index (χ3n) is 9.92. The van der Waals surface area contributed by atoms with E-state index in [0.29, 0.717) is 11.6 Å². The van der Waals surface area contributed by atoms with Crippen molar-refractivity contribution >= 4 is 28.2 Å². The molecule has 0 saturated carbocycles. The molecule has 0 heterocycles. The number of ketones is 2. The largest absolute Gasteiger partial charge is 1.00 e. The smallest absolute Gasteiger partial charge is 0.186 e. The van der Waals surface area contributed by atoms with Crippen molar-refractivity contribution in [2.24, 2.45) is 0 Å². The molecule has 6 nitrogen and oxygen atoms in total. The topological polar surface area (TPSA) is 55.8 Å². The zero-order chi connectivity index (χ0) is 37.4. The van der Waals surface area contributed by atoms with Gasteiger partial charge in [-0.3, -0.25) is 9.59 Å². The number of hydrogen-bond acceptors (Lipinski definition) is 5. The summed E-state index contributed by atoms with van der Waals surface area (Å²) in [5, 5.41) is 0. The monoisotopic (exact) mass is 857 g/mol. The summed E-state index contributed by atoms with van der Waals surface area (Å²) in [5.74, 6) is 0.949. The molecule has 0 aliphatic carbocycles. The summed E-state index contributed by atoms with van der Waals surface area (Å²) in [4.78, 5) is 25.8. The second-order valence-corrected chi connectivity index (χ2v) is 26.2. The first-order valence-corrected chi connectivity index (χ1v) is 26.9. The maximum Gasteiger partial charge on any atom is 0.186 e. The zero-order valence-corrected chi connectivity index (χ0v) is 39.9. The number of rotatable bonds is 34. The van der Waals surface area contributed by atoms with Crippen molar-refractivity contribution in [3.63, 3.8) is 0 Å². The van der Waals surface area contributed by atoms with Gasteiger partial charge in [0.2, 0.25) is 0 Å². The summed E-state index contributed by atoms with van der Waals surface area (Å²) in [5.41, 5.74) is 0. The van der Waals surface area contributed by atoms with E-state index in [0.717, 1.165) is 68.8 Å². The number of hydrogen-bond donors (Lipinski definition) is 0. The van der Waals surface area contributed by atoms with Crippen molar-refractivity contribution in [2.75, 3.05) is 62.5 Å². The van der Waals surface area contributed by atoms with E-state index in [-0.39, 0.29) is 24.0 Å². The first kappa shape index (κ1) is 54.7. The van der Waals surface area contributed by atoms with Crippen LogP contribution in [-0.4, -0.2) is 100 Å². The summed E-state index contributed by atoms with van der Waals surface area (Å²) >= 11 is 0. The van der Waals surface area contributed by atoms with Gasteiger partial charge >= 0.3 is 0 Å². The van der Waals surface area contributed by atoms with Crippen LogP contribution in [-0.2, 0) is 18.4 Å². The molecule has 0 rings (SSSR count). The Kier molecular flexibility index (Phi) is 38.4. The van der Waals surface area contributed by atoms with E-state index in [1.807, 2.05) is 14.2 Å². The fourth-order valence-electron chi connectivity index (χ4n) is 5.98. The van der Waals surface area contributed by atoms with Crippen LogP contribution in [0, 0.1) is 0 Å². The lowest BCUT2D eigenvalue weighted by atomic mass is 10.0. The molecule has 0 aromatic rings. The zero-order valence-electron chi connectivity index (χ0n) is 35.7. The maximum absolute atomic E-state index is 11.9. The number of Topliss-reactive ketones (excluding diaryl/α,β-unsaturated/α-hetero) is 2. The van der Waals surface area contributed by atoms with Gasteiger partial charge in [-0.05, 0) is 97.4 Å². The molecule has 0 spiro atoms. The summed E-state index contributed by atoms with van der Waals surface area (Å²) in [6.45, 7) is 11.5. The molecule has 0 aromatic carbocycles. The highest BCUT2D eigenvalue weighted by Crippen LogP contribution is 2.18. The van der Waals surface area contributed by atoms with E-state index in [2.05, 4.69) is 66.3 Å². The molecule has 0 bridgehead atoms. The Morgan fingerprint density at radius 1 is 0.480 bits per heavy atom. The molecular weight excluding hydrogens is 768 g/mol. The van der Waals surface area contributed by atoms with Crippen LogP contribution in [0.3, 0.4) is 0 Å². The Hall–Kier alpha value is 0.344. The molecule has 50 heavy (non-hydrogen) atoms. The minimum absolute atomic E-state index is 0. The molecule has 0 aliphatic heterocycles. The Balaban J connectivity index is -0.000000867. The molecule has 0 N–H and O–H groups in total. The van der Waals surface area contributed by atoms with Gasteiger partial charge in [0.1, 0.15) is 11.6 Å². The Labute approximate surface area is 333 Å². The predicted molar refractivity (Wildman–Crippen MR) is 221 cm³/mol. The van der Waals surface area contributed by atoms with Crippen molar-refractivity contribution in [2.45, 2.75) is 192 Å². The fraction of sp³-hybridized carbons (Fsp3) is 0.951. The lowest BCUT2D eigenvalue weighted by Crippen LogP contribution is -3.00. The van der Waals surface area contributed by atoms with E-state index in [1.165, 1.54) is 115 Å². The van der Waals surface area contributed by atoms with Gasteiger partial charge in [-0.2, -0.15) is 0 Å². The second kappa shape index (κ2) is 35.1. The molecule has 9 heteroatoms. The standard InChI is InChI=1S/C21H46NO2Si.C20H43NO2Si.HI/c1-22(2,3)19-15-14-18-21(23)17-13-11-9-7-8-10-12-16-20-25(5,6)24-4;1-21(2)18-14-13-17-20(22)16-12-10-8-6-7-9-11-15-19-24(4,5)23-3;/h7-20H2,1-6H3;6-19H2,1-5H3;1H/q+1;;/p-1. The van der Waals surface area contributed by atoms with Crippen molar-refractivity contribution in [3.05, 3.63) is 0 Å². The van der Waals surface area contributed by atoms with Crippen LogP contribution < -0.4 is 24.0 Å². The normalized spacial score (nSPS) is 12.1. The quantitative estimate of drug-likeness (QED) is 0.0282. The number of unbranched alkanes of at least 4 members (excludes halogenated alkanes) is 16. The van der Waals surface area contributed by atoms with Gasteiger partial charge < -0.3 is 42.2 Å². The van der Waals surface area contributed by atoms with Gasteiger partial charge in [0, 0.05) is 39.9 Å². The third kappa shape index (κ3) is 44.5. The molecular formula is C41H89IN2O4Si2. The molecule has 302 valence electrons. The number of carbonyl (C=O) groups excluding carboxylic acids is 2. The Morgan fingerprint density at radius 2 is 0.760 bits per heavy atom. The summed E-state index contributed by atoms with van der Waals surface area (Å²) in [6, 6.07) is 2.58. The van der Waals surface area contributed by atoms with E-state index >= 15 is 0 Å². The number of quaternary nitrogens is 1. The van der Waals surface area contributed by atoms with Crippen LogP contribution in [0.1, 0.15) is 154 Å². The molecule has 0 atom stereocenters. The third-order valence-corrected chi connectivity index (χ3v) is 15.2. The van der Waals surface area contributed by atoms with Gasteiger partial charge in [-0.25, -0.2) is 0 Å². The van der Waals surface area contributed by atoms with Crippen molar-refractivity contribution < 1.29 is 46.9 Å². The van der Waals surface area contributed by atoms with Crippen molar-refractivity contribution in [3.8, 4) is 0 Å². The van der Waals surface area contributed by atoms with Crippen LogP contribution in [0.2, 0.25) is 38.3 Å². The van der Waals surface area contributed by atoms with Crippen LogP contribution in [0.15, 0.2) is 0 Å². The maximum atomic E-state index is 11.9. The van der Waals surface area contributed by atoms with Crippen LogP contribution in [0.5, 0.6) is 0 Å². The average molecular weight is 857 g/mol. The van der Waals surface area contributed by atoms with E-state index in [4.69, 9.17) is 8.85 Å². The minimum atomic E-state index is -1.33. The van der Waals surface area contributed by atoms with Crippen LogP contribution in [0.4, 0.5) is 0 Å². The predicted octanol–water partition coefficient (Wildman–Crippen LogP) is 8.45. The van der Waals surface area contributed by atoms with Gasteiger partial charge in [0.05, 0.1) is 27.7 Å². The molecule has 0 radical (unpaired) electrons. The summed E-state index contributed by atoms with van der Waals surface area (Å²) in [7, 11) is 11.9. The lowest BCUT2D eigenvalue weighted by Gasteiger charge is -2.23. The van der Waals surface area contributed by atoms with Crippen LogP contribution >= 0.6 is 0 Å². The average Bonchev–Trinajstić information content (AvgIpc) is 3.03. The second-order valence-electron chi connectivity index (χ2n) is 17.4. The molecule has 0 saturated heterocycles. The van der Waals surface area contributed by atoms with Gasteiger partial charge in [0.15, 0.2) is 16.6 Å². The molecule has 0 unspecified atom stereocenters. The highest BCUT2D eigenvalue weighted by molar-refractivity contribution is 6.71. The minimum Gasteiger partial charge on any atom is -1.00 e. The molecule has 0 amide bonds. The highest BCUT2D eigenvalue weighted by Gasteiger charge is 2.20. The molecule has 0 fully saturated rings. The first-order valence-electron chi connectivity index (χ1n) is 20.6. The van der Waals surface area contributed by atoms with Gasteiger partial charge in [-0.1, -0.05) is 89.9 Å². The SMILES string of the molecule is CO[Si](C)(C)CCCCCCCCCCC(=O)CCCCN(C)C.CO[Si](C)(C)CCCCCCCCCCC(=O)CCCC[N+](C)(C)C.[I-]. The van der Waals surface area contributed by atoms with Crippen LogP contribution in [0.25, 0.3) is 0 Å². The number of halogens is 1. The summed E-state index contributed by atoms with van der Waals surface area (Å²) < 4.78 is 12.2. The first-order chi connectivity index (χ1) is 23.0. The fourth-order valence-corrected chi connectivity index (χ4v) is 8.59. The van der Waals surface area contributed by atoms with Gasteiger partial charge in [-0.15, -0.1) is 0 Å². The molecule has 0 aliphatic rings. The van der Waals surface area contributed by atoms with Crippen molar-refractivity contribution in [1.29, 1.82) is 0 Å². The van der Waals surface area contributed by atoms with E-state index < -0.39 is 16.6 Å². The number of carbonyl (C=O) groups is 2. The number of nitrogens with zero attached hydrogens (tertiary/aromatic N) is 2. The molecule has 0 aromatic heterocycles. The Morgan fingerprint density at radius 3 is 1.06 bits per heavy atom.